The van der Waals surface area contributed by atoms with Gasteiger partial charge in [-0.25, -0.2) is 0 Å². The predicted molar refractivity (Wildman–Crippen MR) is 57.8 cm³/mol. The van der Waals surface area contributed by atoms with Gasteiger partial charge < -0.3 is 4.90 Å². The number of aromatic amines is 1. The lowest BCUT2D eigenvalue weighted by atomic mass is 9.85. The molecule has 2 atom stereocenters. The van der Waals surface area contributed by atoms with Crippen LogP contribution in [0.2, 0.25) is 0 Å². The highest BCUT2D eigenvalue weighted by Crippen LogP contribution is 2.36. The molecule has 1 aliphatic heterocycles. The molecule has 2 fully saturated rings. The molecule has 2 heterocycles. The number of carbonyl (C=O) groups excluding carboxylic acids is 1. The molecule has 2 unspecified atom stereocenters. The van der Waals surface area contributed by atoms with Crippen LogP contribution in [-0.2, 0) is 0 Å². The summed E-state index contributed by atoms with van der Waals surface area (Å²) in [5.41, 5.74) is 0.450. The van der Waals surface area contributed by atoms with Crippen LogP contribution in [0.5, 0.6) is 0 Å². The molecule has 1 saturated heterocycles. The topological polar surface area (TPSA) is 61.9 Å². The highest BCUT2D eigenvalue weighted by molar-refractivity contribution is 5.92. The van der Waals surface area contributed by atoms with Crippen LogP contribution in [0.3, 0.4) is 0 Å². The lowest BCUT2D eigenvalue weighted by Gasteiger charge is -2.31. The van der Waals surface area contributed by atoms with Crippen molar-refractivity contribution in [2.75, 3.05) is 6.54 Å². The fraction of sp³-hybridized carbons (Fsp3) is 0.727. The standard InChI is InChI=1S/C11H16N4O/c16-11(9-7-12-14-13-9)15-6-5-8-3-1-2-4-10(8)15/h7-8,10H,1-6H2,(H,12,13,14). The van der Waals surface area contributed by atoms with Gasteiger partial charge in [0, 0.05) is 12.6 Å². The van der Waals surface area contributed by atoms with Crippen LogP contribution in [0.4, 0.5) is 0 Å². The van der Waals surface area contributed by atoms with Crippen LogP contribution in [0.15, 0.2) is 6.20 Å². The van der Waals surface area contributed by atoms with E-state index in [0.29, 0.717) is 11.7 Å². The third-order valence-electron chi connectivity index (χ3n) is 3.91. The van der Waals surface area contributed by atoms with Gasteiger partial charge in [0.2, 0.25) is 0 Å². The van der Waals surface area contributed by atoms with Gasteiger partial charge in [0.05, 0.1) is 6.20 Å². The fourth-order valence-electron chi connectivity index (χ4n) is 3.11. The van der Waals surface area contributed by atoms with Crippen molar-refractivity contribution in [1.29, 1.82) is 0 Å². The van der Waals surface area contributed by atoms with Crippen LogP contribution >= 0.6 is 0 Å². The first-order chi connectivity index (χ1) is 7.86. The van der Waals surface area contributed by atoms with Gasteiger partial charge in [-0.05, 0) is 25.2 Å². The quantitative estimate of drug-likeness (QED) is 0.773. The zero-order valence-corrected chi connectivity index (χ0v) is 9.22. The molecule has 1 N–H and O–H groups in total. The molecular weight excluding hydrogens is 204 g/mol. The molecule has 86 valence electrons. The first-order valence-corrected chi connectivity index (χ1v) is 6.03. The third kappa shape index (κ3) is 1.50. The number of amides is 1. The number of H-pyrrole nitrogens is 1. The summed E-state index contributed by atoms with van der Waals surface area (Å²) in [7, 11) is 0. The van der Waals surface area contributed by atoms with Crippen LogP contribution in [-0.4, -0.2) is 38.8 Å². The van der Waals surface area contributed by atoms with Gasteiger partial charge in [0.25, 0.3) is 5.91 Å². The van der Waals surface area contributed by atoms with E-state index in [1.165, 1.54) is 25.5 Å². The minimum atomic E-state index is 0.0446. The molecule has 1 aliphatic carbocycles. The van der Waals surface area contributed by atoms with Crippen molar-refractivity contribution in [2.24, 2.45) is 5.92 Å². The molecule has 16 heavy (non-hydrogen) atoms. The van der Waals surface area contributed by atoms with E-state index in [-0.39, 0.29) is 5.91 Å². The summed E-state index contributed by atoms with van der Waals surface area (Å²) in [6.07, 6.45) is 7.70. The van der Waals surface area contributed by atoms with Crippen molar-refractivity contribution in [2.45, 2.75) is 38.1 Å². The lowest BCUT2D eigenvalue weighted by molar-refractivity contribution is 0.0684. The monoisotopic (exact) mass is 220 g/mol. The second-order valence-corrected chi connectivity index (χ2v) is 4.75. The number of aromatic nitrogens is 3. The van der Waals surface area contributed by atoms with Crippen LogP contribution in [0, 0.1) is 5.92 Å². The maximum absolute atomic E-state index is 12.2. The number of nitrogens with one attached hydrogen (secondary N) is 1. The van der Waals surface area contributed by atoms with Gasteiger partial charge in [-0.15, -0.1) is 0 Å². The predicted octanol–water partition coefficient (Wildman–Crippen LogP) is 1.21. The molecule has 0 radical (unpaired) electrons. The molecule has 1 aromatic rings. The second-order valence-electron chi connectivity index (χ2n) is 4.75. The van der Waals surface area contributed by atoms with E-state index in [0.717, 1.165) is 25.3 Å². The summed E-state index contributed by atoms with van der Waals surface area (Å²) < 4.78 is 0. The maximum Gasteiger partial charge on any atom is 0.276 e. The fourth-order valence-corrected chi connectivity index (χ4v) is 3.11. The molecule has 3 rings (SSSR count). The highest BCUT2D eigenvalue weighted by Gasteiger charge is 2.38. The van der Waals surface area contributed by atoms with E-state index < -0.39 is 0 Å². The number of hydrogen-bond donors (Lipinski definition) is 1. The molecule has 5 nitrogen and oxygen atoms in total. The number of rotatable bonds is 1. The SMILES string of the molecule is O=C(c1cn[nH]n1)N1CCC2CCCCC21. The number of fused-ring (bicyclic) bond motifs is 1. The molecule has 1 saturated carbocycles. The molecule has 0 bridgehead atoms. The molecule has 5 heteroatoms. The average molecular weight is 220 g/mol. The molecule has 1 amide bonds. The Labute approximate surface area is 94.2 Å². The van der Waals surface area contributed by atoms with E-state index in [4.69, 9.17) is 0 Å². The van der Waals surface area contributed by atoms with Crippen molar-refractivity contribution >= 4 is 5.91 Å². The molecule has 1 aromatic heterocycles. The zero-order valence-electron chi connectivity index (χ0n) is 9.22. The van der Waals surface area contributed by atoms with E-state index in [2.05, 4.69) is 15.4 Å². The lowest BCUT2D eigenvalue weighted by Crippen LogP contribution is -2.39. The Morgan fingerprint density at radius 2 is 2.25 bits per heavy atom. The summed E-state index contributed by atoms with van der Waals surface area (Å²) >= 11 is 0. The maximum atomic E-state index is 12.2. The van der Waals surface area contributed by atoms with Crippen molar-refractivity contribution < 1.29 is 4.79 Å². The highest BCUT2D eigenvalue weighted by atomic mass is 16.2. The first-order valence-electron chi connectivity index (χ1n) is 6.03. The second kappa shape index (κ2) is 3.88. The summed E-state index contributed by atoms with van der Waals surface area (Å²) in [4.78, 5) is 14.2. The Morgan fingerprint density at radius 3 is 3.06 bits per heavy atom. The van der Waals surface area contributed by atoms with Gasteiger partial charge in [-0.2, -0.15) is 15.4 Å². The Kier molecular flexibility index (Phi) is 2.38. The number of hydrogen-bond acceptors (Lipinski definition) is 3. The normalized spacial score (nSPS) is 29.1. The molecule has 2 aliphatic rings. The smallest absolute Gasteiger partial charge is 0.276 e. The Balaban J connectivity index is 1.78. The van der Waals surface area contributed by atoms with E-state index in [1.54, 1.807) is 0 Å². The Morgan fingerprint density at radius 1 is 1.38 bits per heavy atom. The third-order valence-corrected chi connectivity index (χ3v) is 3.91. The number of carbonyl (C=O) groups is 1. The van der Waals surface area contributed by atoms with Crippen LogP contribution in [0.1, 0.15) is 42.6 Å². The first kappa shape index (κ1) is 9.81. The van der Waals surface area contributed by atoms with Crippen molar-refractivity contribution in [3.05, 3.63) is 11.9 Å². The van der Waals surface area contributed by atoms with Gasteiger partial charge >= 0.3 is 0 Å². The van der Waals surface area contributed by atoms with Crippen LogP contribution < -0.4 is 0 Å². The van der Waals surface area contributed by atoms with E-state index >= 15 is 0 Å². The summed E-state index contributed by atoms with van der Waals surface area (Å²) in [5, 5.41) is 10.1. The van der Waals surface area contributed by atoms with Crippen molar-refractivity contribution in [3.63, 3.8) is 0 Å². The van der Waals surface area contributed by atoms with Gasteiger partial charge in [0.15, 0.2) is 5.69 Å². The van der Waals surface area contributed by atoms with Gasteiger partial charge in [0.1, 0.15) is 0 Å². The minimum Gasteiger partial charge on any atom is -0.334 e. The molecule has 0 aromatic carbocycles. The number of nitrogens with zero attached hydrogens (tertiary/aromatic N) is 3. The van der Waals surface area contributed by atoms with E-state index in [1.807, 2.05) is 4.90 Å². The van der Waals surface area contributed by atoms with Crippen molar-refractivity contribution in [3.8, 4) is 0 Å². The van der Waals surface area contributed by atoms with Gasteiger partial charge in [-0.3, -0.25) is 4.79 Å². The Hall–Kier alpha value is -1.39. The zero-order chi connectivity index (χ0) is 11.0. The van der Waals surface area contributed by atoms with Crippen LogP contribution in [0.25, 0.3) is 0 Å². The molecular formula is C11H16N4O. The minimum absolute atomic E-state index is 0.0446. The largest absolute Gasteiger partial charge is 0.334 e. The van der Waals surface area contributed by atoms with Gasteiger partial charge in [-0.1, -0.05) is 12.8 Å². The Bertz CT molecular complexity index is 375. The number of likely N-dealkylation sites (tertiary alicyclic amines) is 1. The summed E-state index contributed by atoms with van der Waals surface area (Å²) in [6.45, 7) is 0.890. The summed E-state index contributed by atoms with van der Waals surface area (Å²) in [5.74, 6) is 0.771. The average Bonchev–Trinajstić information content (AvgIpc) is 2.98. The summed E-state index contributed by atoms with van der Waals surface area (Å²) in [6, 6.07) is 0.456. The van der Waals surface area contributed by atoms with Crippen molar-refractivity contribution in [1.82, 2.24) is 20.3 Å². The van der Waals surface area contributed by atoms with E-state index in [9.17, 15) is 4.79 Å². The molecule has 0 spiro atoms.